The Morgan fingerprint density at radius 3 is 2.21 bits per heavy atom. The number of benzene rings is 1. The van der Waals surface area contributed by atoms with Gasteiger partial charge in [-0.15, -0.1) is 0 Å². The highest BCUT2D eigenvalue weighted by atomic mass is 16.7. The minimum atomic E-state index is -1.54. The van der Waals surface area contributed by atoms with E-state index in [1.54, 1.807) is 24.3 Å². The van der Waals surface area contributed by atoms with Gasteiger partial charge in [-0.3, -0.25) is 0 Å². The van der Waals surface area contributed by atoms with Crippen LogP contribution in [0.2, 0.25) is 0 Å². The minimum Gasteiger partial charge on any atom is -0.497 e. The molecule has 24 heavy (non-hydrogen) atoms. The first-order valence-corrected chi connectivity index (χ1v) is 7.67. The number of ether oxygens (including phenoxy) is 3. The van der Waals surface area contributed by atoms with Crippen LogP contribution in [0.25, 0.3) is 0 Å². The first-order chi connectivity index (χ1) is 11.4. The van der Waals surface area contributed by atoms with Gasteiger partial charge in [-0.05, 0) is 24.6 Å². The summed E-state index contributed by atoms with van der Waals surface area (Å²) < 4.78 is 16.0. The van der Waals surface area contributed by atoms with Crippen LogP contribution in [0.3, 0.4) is 0 Å². The lowest BCUT2D eigenvalue weighted by atomic mass is 9.99. The summed E-state index contributed by atoms with van der Waals surface area (Å²) in [5.74, 6) is 0.635. The normalized spacial score (nSPS) is 33.0. The number of aliphatic hydroxyl groups is 5. The van der Waals surface area contributed by atoms with Crippen LogP contribution in [0.5, 0.6) is 5.75 Å². The molecule has 5 N–H and O–H groups in total. The SMILES string of the molecule is COc1ccc([C@@H](O[C@H]2O[C@@H](CO)[C@@H](O)[C@@H](O)[C@H]2O)[C@H](C)O)cc1. The van der Waals surface area contributed by atoms with Gasteiger partial charge in [0.05, 0.1) is 19.8 Å². The number of hydrogen-bond acceptors (Lipinski definition) is 8. The van der Waals surface area contributed by atoms with E-state index in [0.29, 0.717) is 11.3 Å². The standard InChI is InChI=1S/C16H24O8/c1-8(18)15(9-3-5-10(22-2)6-4-9)24-16-14(21)13(20)12(19)11(7-17)23-16/h3-6,8,11-21H,7H2,1-2H3/t8-,11-,12+,13+,14+,15-,16+/m0/s1. The second-order valence-corrected chi connectivity index (χ2v) is 5.77. The molecule has 1 aliphatic rings. The lowest BCUT2D eigenvalue weighted by Gasteiger charge is -2.41. The molecule has 1 saturated heterocycles. The third kappa shape index (κ3) is 4.04. The Bertz CT molecular complexity index is 503. The quantitative estimate of drug-likeness (QED) is 0.441. The Kier molecular flexibility index (Phi) is 6.53. The number of aliphatic hydroxyl groups excluding tert-OH is 5. The van der Waals surface area contributed by atoms with Gasteiger partial charge in [-0.1, -0.05) is 12.1 Å². The van der Waals surface area contributed by atoms with Gasteiger partial charge in [0.2, 0.25) is 0 Å². The largest absolute Gasteiger partial charge is 0.497 e. The number of methoxy groups -OCH3 is 1. The van der Waals surface area contributed by atoms with Crippen LogP contribution in [0.1, 0.15) is 18.6 Å². The molecule has 8 nitrogen and oxygen atoms in total. The van der Waals surface area contributed by atoms with Gasteiger partial charge in [-0.2, -0.15) is 0 Å². The van der Waals surface area contributed by atoms with Crippen LogP contribution < -0.4 is 4.74 Å². The van der Waals surface area contributed by atoms with E-state index in [2.05, 4.69) is 0 Å². The summed E-state index contributed by atoms with van der Waals surface area (Å²) in [4.78, 5) is 0. The first kappa shape index (κ1) is 19.1. The van der Waals surface area contributed by atoms with Gasteiger partial charge in [0.25, 0.3) is 0 Å². The van der Waals surface area contributed by atoms with Crippen LogP contribution in [0.4, 0.5) is 0 Å². The third-order valence-corrected chi connectivity index (χ3v) is 4.01. The molecule has 136 valence electrons. The molecular formula is C16H24O8. The molecule has 1 aliphatic heterocycles. The minimum absolute atomic E-state index is 0.549. The second kappa shape index (κ2) is 8.21. The van der Waals surface area contributed by atoms with Crippen molar-refractivity contribution in [1.82, 2.24) is 0 Å². The molecule has 0 spiro atoms. The van der Waals surface area contributed by atoms with Gasteiger partial charge in [0.15, 0.2) is 6.29 Å². The fraction of sp³-hybridized carbons (Fsp3) is 0.625. The third-order valence-electron chi connectivity index (χ3n) is 4.01. The lowest BCUT2D eigenvalue weighted by molar-refractivity contribution is -0.317. The Morgan fingerprint density at radius 2 is 1.71 bits per heavy atom. The van der Waals surface area contributed by atoms with Crippen LogP contribution >= 0.6 is 0 Å². The summed E-state index contributed by atoms with van der Waals surface area (Å²) in [6, 6.07) is 6.78. The van der Waals surface area contributed by atoms with Crippen LogP contribution in [0, 0.1) is 0 Å². The average molecular weight is 344 g/mol. The monoisotopic (exact) mass is 344 g/mol. The molecule has 8 heteroatoms. The van der Waals surface area contributed by atoms with Crippen LogP contribution in [-0.2, 0) is 9.47 Å². The van der Waals surface area contributed by atoms with Crippen molar-refractivity contribution < 1.29 is 39.7 Å². The molecule has 1 aromatic rings. The summed E-state index contributed by atoms with van der Waals surface area (Å²) in [6.45, 7) is 0.964. The molecule has 0 bridgehead atoms. The van der Waals surface area contributed by atoms with E-state index in [0.717, 1.165) is 0 Å². The van der Waals surface area contributed by atoms with E-state index >= 15 is 0 Å². The zero-order valence-electron chi connectivity index (χ0n) is 13.5. The fourth-order valence-electron chi connectivity index (χ4n) is 2.59. The smallest absolute Gasteiger partial charge is 0.187 e. The molecular weight excluding hydrogens is 320 g/mol. The summed E-state index contributed by atoms with van der Waals surface area (Å²) in [5.41, 5.74) is 0.614. The highest BCUT2D eigenvalue weighted by Gasteiger charge is 2.45. The molecule has 0 unspecified atom stereocenters. The molecule has 2 rings (SSSR count). The lowest BCUT2D eigenvalue weighted by Crippen LogP contribution is -2.59. The fourth-order valence-corrected chi connectivity index (χ4v) is 2.59. The summed E-state index contributed by atoms with van der Waals surface area (Å²) in [6.07, 6.45) is -8.70. The van der Waals surface area contributed by atoms with E-state index in [1.165, 1.54) is 14.0 Å². The Hall–Kier alpha value is -1.26. The van der Waals surface area contributed by atoms with Crippen molar-refractivity contribution in [2.24, 2.45) is 0 Å². The summed E-state index contributed by atoms with van der Waals surface area (Å²) >= 11 is 0. The van der Waals surface area contributed by atoms with Crippen molar-refractivity contribution in [3.63, 3.8) is 0 Å². The molecule has 0 amide bonds. The van der Waals surface area contributed by atoms with E-state index in [-0.39, 0.29) is 0 Å². The number of rotatable bonds is 6. The molecule has 0 radical (unpaired) electrons. The Morgan fingerprint density at radius 1 is 1.08 bits per heavy atom. The van der Waals surface area contributed by atoms with Crippen molar-refractivity contribution in [1.29, 1.82) is 0 Å². The molecule has 0 aliphatic carbocycles. The van der Waals surface area contributed by atoms with Crippen LogP contribution in [-0.4, -0.2) is 76.1 Å². The predicted molar refractivity (Wildman–Crippen MR) is 82.3 cm³/mol. The molecule has 0 aromatic heterocycles. The summed E-state index contributed by atoms with van der Waals surface area (Å²) in [7, 11) is 1.53. The maximum Gasteiger partial charge on any atom is 0.187 e. The molecule has 1 fully saturated rings. The van der Waals surface area contributed by atoms with Gasteiger partial charge in [0.1, 0.15) is 36.3 Å². The topological polar surface area (TPSA) is 129 Å². The molecule has 0 saturated carbocycles. The summed E-state index contributed by atoms with van der Waals surface area (Å²) in [5, 5.41) is 48.8. The van der Waals surface area contributed by atoms with E-state index < -0.39 is 49.5 Å². The zero-order chi connectivity index (χ0) is 17.9. The average Bonchev–Trinajstić information content (AvgIpc) is 2.59. The second-order valence-electron chi connectivity index (χ2n) is 5.77. The van der Waals surface area contributed by atoms with Crippen molar-refractivity contribution in [2.75, 3.05) is 13.7 Å². The zero-order valence-corrected chi connectivity index (χ0v) is 13.5. The Balaban J connectivity index is 2.17. The first-order valence-electron chi connectivity index (χ1n) is 7.67. The van der Waals surface area contributed by atoms with Gasteiger partial charge in [-0.25, -0.2) is 0 Å². The number of hydrogen-bond donors (Lipinski definition) is 5. The highest BCUT2D eigenvalue weighted by molar-refractivity contribution is 5.29. The Labute approximate surface area is 139 Å². The van der Waals surface area contributed by atoms with Gasteiger partial charge in [0, 0.05) is 0 Å². The van der Waals surface area contributed by atoms with E-state index in [4.69, 9.17) is 14.2 Å². The van der Waals surface area contributed by atoms with Gasteiger partial charge >= 0.3 is 0 Å². The maximum atomic E-state index is 10.0. The van der Waals surface area contributed by atoms with Crippen molar-refractivity contribution in [3.8, 4) is 5.75 Å². The maximum absolute atomic E-state index is 10.0. The van der Waals surface area contributed by atoms with Crippen LogP contribution in [0.15, 0.2) is 24.3 Å². The van der Waals surface area contributed by atoms with E-state index in [1.807, 2.05) is 0 Å². The van der Waals surface area contributed by atoms with E-state index in [9.17, 15) is 25.5 Å². The highest BCUT2D eigenvalue weighted by Crippen LogP contribution is 2.30. The predicted octanol–water partition coefficient (Wildman–Crippen LogP) is -1.07. The molecule has 1 heterocycles. The molecule has 7 atom stereocenters. The van der Waals surface area contributed by atoms with Crippen molar-refractivity contribution in [2.45, 2.75) is 49.8 Å². The van der Waals surface area contributed by atoms with Crippen molar-refractivity contribution in [3.05, 3.63) is 29.8 Å². The molecule has 1 aromatic carbocycles. The van der Waals surface area contributed by atoms with Crippen molar-refractivity contribution >= 4 is 0 Å². The van der Waals surface area contributed by atoms with Gasteiger partial charge < -0.3 is 39.7 Å².